The maximum Gasteiger partial charge on any atom is 0.240 e. The van der Waals surface area contributed by atoms with Gasteiger partial charge in [0.25, 0.3) is 0 Å². The Labute approximate surface area is 188 Å². The summed E-state index contributed by atoms with van der Waals surface area (Å²) in [6, 6.07) is 22.7. The predicted octanol–water partition coefficient (Wildman–Crippen LogP) is 4.35. The van der Waals surface area contributed by atoms with Gasteiger partial charge in [0.2, 0.25) is 10.0 Å². The number of nitrogens with one attached hydrogen (secondary N) is 2. The molecule has 0 aliphatic rings. The van der Waals surface area contributed by atoms with E-state index in [0.29, 0.717) is 5.75 Å². The molecule has 0 aliphatic carbocycles. The number of para-hydroxylation sites is 1. The van der Waals surface area contributed by atoms with Gasteiger partial charge in [0.15, 0.2) is 0 Å². The number of benzene rings is 3. The summed E-state index contributed by atoms with van der Waals surface area (Å²) in [6.07, 6.45) is 1.97. The molecule has 1 unspecified atom stereocenters. The van der Waals surface area contributed by atoms with Crippen molar-refractivity contribution in [2.24, 2.45) is 0 Å². The summed E-state index contributed by atoms with van der Waals surface area (Å²) in [6.45, 7) is 0.234. The number of aromatic nitrogens is 1. The van der Waals surface area contributed by atoms with Crippen LogP contribution in [-0.4, -0.2) is 41.2 Å². The van der Waals surface area contributed by atoms with Gasteiger partial charge in [-0.25, -0.2) is 13.1 Å². The Kier molecular flexibility index (Phi) is 6.21. The van der Waals surface area contributed by atoms with Crippen molar-refractivity contribution < 1.29 is 13.2 Å². The van der Waals surface area contributed by atoms with E-state index in [1.807, 2.05) is 43.4 Å². The Morgan fingerprint density at radius 1 is 0.969 bits per heavy atom. The second-order valence-corrected chi connectivity index (χ2v) is 9.62. The molecule has 166 valence electrons. The fourth-order valence-corrected chi connectivity index (χ4v) is 4.87. The number of ether oxygens (including phenoxy) is 1. The smallest absolute Gasteiger partial charge is 0.240 e. The lowest BCUT2D eigenvalue weighted by Gasteiger charge is -2.20. The molecule has 0 amide bonds. The van der Waals surface area contributed by atoms with Gasteiger partial charge in [0, 0.05) is 49.3 Å². The Morgan fingerprint density at radius 2 is 1.66 bits per heavy atom. The zero-order chi connectivity index (χ0) is 22.7. The number of fused-ring (bicyclic) bond motifs is 1. The van der Waals surface area contributed by atoms with Crippen LogP contribution in [0.2, 0.25) is 0 Å². The van der Waals surface area contributed by atoms with E-state index in [2.05, 4.69) is 40.0 Å². The molecule has 0 spiro atoms. The zero-order valence-electron chi connectivity index (χ0n) is 18.4. The lowest BCUT2D eigenvalue weighted by molar-refractivity contribution is 0.414. The van der Waals surface area contributed by atoms with Gasteiger partial charge in [0.05, 0.1) is 12.0 Å². The first-order valence-electron chi connectivity index (χ1n) is 10.4. The topological polar surface area (TPSA) is 74.4 Å². The van der Waals surface area contributed by atoms with Crippen LogP contribution in [0.15, 0.2) is 83.9 Å². The molecule has 0 bridgehead atoms. The molecule has 6 nitrogen and oxygen atoms in total. The Morgan fingerprint density at radius 3 is 2.31 bits per heavy atom. The lowest BCUT2D eigenvalue weighted by atomic mass is 9.91. The maximum absolute atomic E-state index is 13.0. The SMILES string of the molecule is COc1ccc(S(=O)(=O)NCC(c2ccc(N(C)C)cc2)c2c[nH]c3ccccc23)cc1. The monoisotopic (exact) mass is 449 g/mol. The largest absolute Gasteiger partial charge is 0.497 e. The fraction of sp³-hybridized carbons (Fsp3) is 0.200. The minimum absolute atomic E-state index is 0.157. The van der Waals surface area contributed by atoms with Crippen molar-refractivity contribution in [3.05, 3.63) is 90.1 Å². The van der Waals surface area contributed by atoms with Crippen LogP contribution < -0.4 is 14.4 Å². The van der Waals surface area contributed by atoms with E-state index >= 15 is 0 Å². The number of H-pyrrole nitrogens is 1. The molecule has 1 atom stereocenters. The van der Waals surface area contributed by atoms with Gasteiger partial charge in [-0.15, -0.1) is 0 Å². The van der Waals surface area contributed by atoms with Crippen molar-refractivity contribution in [1.29, 1.82) is 0 Å². The van der Waals surface area contributed by atoms with Crippen molar-refractivity contribution in [1.82, 2.24) is 9.71 Å². The van der Waals surface area contributed by atoms with Crippen molar-refractivity contribution >= 4 is 26.6 Å². The summed E-state index contributed by atoms with van der Waals surface area (Å²) in [7, 11) is 1.86. The number of methoxy groups -OCH3 is 1. The van der Waals surface area contributed by atoms with Gasteiger partial charge in [-0.05, 0) is 53.6 Å². The molecule has 4 aromatic rings. The van der Waals surface area contributed by atoms with Gasteiger partial charge in [-0.3, -0.25) is 0 Å². The molecule has 32 heavy (non-hydrogen) atoms. The van der Waals surface area contributed by atoms with Crippen molar-refractivity contribution in [2.45, 2.75) is 10.8 Å². The van der Waals surface area contributed by atoms with Gasteiger partial charge in [0.1, 0.15) is 5.75 Å². The average Bonchev–Trinajstić information content (AvgIpc) is 3.23. The summed E-state index contributed by atoms with van der Waals surface area (Å²) in [5.41, 5.74) is 4.20. The van der Waals surface area contributed by atoms with Crippen molar-refractivity contribution in [3.63, 3.8) is 0 Å². The summed E-state index contributed by atoms with van der Waals surface area (Å²) in [5, 5.41) is 1.08. The number of rotatable bonds is 8. The number of hydrogen-bond acceptors (Lipinski definition) is 4. The van der Waals surface area contributed by atoms with Crippen LogP contribution in [0, 0.1) is 0 Å². The standard InChI is InChI=1S/C25H27N3O3S/c1-28(2)19-10-8-18(9-11-19)23(24-16-26-25-7-5-4-6-22(24)25)17-27-32(29,30)21-14-12-20(31-3)13-15-21/h4-16,23,26-27H,17H2,1-3H3. The van der Waals surface area contributed by atoms with Gasteiger partial charge in [-0.1, -0.05) is 30.3 Å². The molecule has 2 N–H and O–H groups in total. The molecule has 4 rings (SSSR count). The van der Waals surface area contributed by atoms with Gasteiger partial charge < -0.3 is 14.6 Å². The number of anilines is 1. The Hall–Kier alpha value is -3.29. The number of sulfonamides is 1. The van der Waals surface area contributed by atoms with Gasteiger partial charge >= 0.3 is 0 Å². The molecular formula is C25H27N3O3S. The molecule has 0 saturated heterocycles. The normalized spacial score (nSPS) is 12.6. The molecule has 0 saturated carbocycles. The maximum atomic E-state index is 13.0. The van der Waals surface area contributed by atoms with Crippen LogP contribution in [0.4, 0.5) is 5.69 Å². The zero-order valence-corrected chi connectivity index (χ0v) is 19.2. The molecule has 1 aromatic heterocycles. The first kappa shape index (κ1) is 21.9. The molecule has 7 heteroatoms. The quantitative estimate of drug-likeness (QED) is 0.419. The van der Waals surface area contributed by atoms with E-state index in [-0.39, 0.29) is 17.4 Å². The summed E-state index contributed by atoms with van der Waals surface area (Å²) in [5.74, 6) is 0.456. The van der Waals surface area contributed by atoms with Crippen molar-refractivity contribution in [2.75, 3.05) is 32.6 Å². The third-order valence-corrected chi connectivity index (χ3v) is 7.10. The van der Waals surface area contributed by atoms with E-state index in [1.165, 1.54) is 0 Å². The predicted molar refractivity (Wildman–Crippen MR) is 129 cm³/mol. The van der Waals surface area contributed by atoms with E-state index in [0.717, 1.165) is 27.7 Å². The van der Waals surface area contributed by atoms with Crippen LogP contribution in [-0.2, 0) is 10.0 Å². The highest BCUT2D eigenvalue weighted by atomic mass is 32.2. The second-order valence-electron chi connectivity index (χ2n) is 7.86. The van der Waals surface area contributed by atoms with E-state index in [1.54, 1.807) is 31.4 Å². The molecule has 1 heterocycles. The first-order chi connectivity index (χ1) is 15.4. The highest BCUT2D eigenvalue weighted by Gasteiger charge is 2.22. The molecule has 3 aromatic carbocycles. The van der Waals surface area contributed by atoms with E-state index < -0.39 is 10.0 Å². The van der Waals surface area contributed by atoms with Crippen LogP contribution in [0.1, 0.15) is 17.0 Å². The molecule has 0 aliphatic heterocycles. The molecule has 0 fully saturated rings. The summed E-state index contributed by atoms with van der Waals surface area (Å²) >= 11 is 0. The number of aromatic amines is 1. The molecule has 0 radical (unpaired) electrons. The van der Waals surface area contributed by atoms with Crippen LogP contribution >= 0.6 is 0 Å². The lowest BCUT2D eigenvalue weighted by Crippen LogP contribution is -2.29. The second kappa shape index (κ2) is 9.06. The summed E-state index contributed by atoms with van der Waals surface area (Å²) < 4.78 is 33.9. The van der Waals surface area contributed by atoms with E-state index in [9.17, 15) is 8.42 Å². The average molecular weight is 450 g/mol. The Balaban J connectivity index is 1.67. The van der Waals surface area contributed by atoms with Crippen LogP contribution in [0.25, 0.3) is 10.9 Å². The molecular weight excluding hydrogens is 422 g/mol. The number of hydrogen-bond donors (Lipinski definition) is 2. The third kappa shape index (κ3) is 4.49. The number of nitrogens with zero attached hydrogens (tertiary/aromatic N) is 1. The van der Waals surface area contributed by atoms with Crippen LogP contribution in [0.3, 0.4) is 0 Å². The Bertz CT molecular complexity index is 1290. The fourth-order valence-electron chi connectivity index (χ4n) is 3.83. The highest BCUT2D eigenvalue weighted by Crippen LogP contribution is 2.32. The summed E-state index contributed by atoms with van der Waals surface area (Å²) in [4.78, 5) is 5.56. The third-order valence-electron chi connectivity index (χ3n) is 5.66. The first-order valence-corrected chi connectivity index (χ1v) is 11.8. The van der Waals surface area contributed by atoms with Crippen molar-refractivity contribution in [3.8, 4) is 5.75 Å². The van der Waals surface area contributed by atoms with Gasteiger partial charge in [-0.2, -0.15) is 0 Å². The minimum atomic E-state index is -3.68. The van der Waals surface area contributed by atoms with Crippen LogP contribution in [0.5, 0.6) is 5.75 Å². The minimum Gasteiger partial charge on any atom is -0.497 e. The van der Waals surface area contributed by atoms with E-state index in [4.69, 9.17) is 4.74 Å². The highest BCUT2D eigenvalue weighted by molar-refractivity contribution is 7.89.